The van der Waals surface area contributed by atoms with Crippen LogP contribution in [0.25, 0.3) is 16.9 Å². The molecule has 0 aliphatic heterocycles. The number of halogens is 2. The highest BCUT2D eigenvalue weighted by atomic mass is 19.1. The van der Waals surface area contributed by atoms with Gasteiger partial charge < -0.3 is 14.9 Å². The van der Waals surface area contributed by atoms with E-state index in [-0.39, 0.29) is 16.8 Å². The molecule has 2 N–H and O–H groups in total. The topological polar surface area (TPSA) is 71.7 Å². The van der Waals surface area contributed by atoms with Crippen molar-refractivity contribution in [2.24, 2.45) is 0 Å². The van der Waals surface area contributed by atoms with Crippen LogP contribution in [0.2, 0.25) is 0 Å². The van der Waals surface area contributed by atoms with E-state index in [4.69, 9.17) is 4.74 Å². The number of rotatable bonds is 5. The molecule has 31 heavy (non-hydrogen) atoms. The summed E-state index contributed by atoms with van der Waals surface area (Å²) in [5.41, 5.74) is 0.791. The van der Waals surface area contributed by atoms with Crippen molar-refractivity contribution >= 4 is 5.78 Å². The van der Waals surface area contributed by atoms with Crippen LogP contribution in [-0.4, -0.2) is 27.7 Å². The minimum Gasteiger partial charge on any atom is -0.503 e. The van der Waals surface area contributed by atoms with Crippen molar-refractivity contribution in [1.82, 2.24) is 4.57 Å². The molecule has 5 nitrogen and oxygen atoms in total. The Bertz CT molecular complexity index is 1260. The second kappa shape index (κ2) is 7.95. The van der Waals surface area contributed by atoms with Gasteiger partial charge in [0.05, 0.1) is 18.4 Å². The summed E-state index contributed by atoms with van der Waals surface area (Å²) in [6, 6.07) is 16.8. The van der Waals surface area contributed by atoms with Crippen molar-refractivity contribution in [3.8, 4) is 34.3 Å². The molecule has 1 heterocycles. The van der Waals surface area contributed by atoms with Gasteiger partial charge in [0.15, 0.2) is 11.5 Å². The van der Waals surface area contributed by atoms with Crippen molar-refractivity contribution in [3.63, 3.8) is 0 Å². The average Bonchev–Trinajstić information content (AvgIpc) is 3.05. The minimum absolute atomic E-state index is 0.115. The molecule has 0 aliphatic carbocycles. The predicted octanol–water partition coefficient (Wildman–Crippen LogP) is 5.07. The van der Waals surface area contributed by atoms with Crippen LogP contribution in [0.1, 0.15) is 15.9 Å². The Morgan fingerprint density at radius 3 is 2.06 bits per heavy atom. The molecule has 1 aromatic heterocycles. The zero-order chi connectivity index (χ0) is 22.1. The lowest BCUT2D eigenvalue weighted by Gasteiger charge is -2.14. The number of aromatic nitrogens is 1. The van der Waals surface area contributed by atoms with Crippen molar-refractivity contribution in [3.05, 3.63) is 95.6 Å². The first-order valence-electron chi connectivity index (χ1n) is 9.28. The molecule has 3 aromatic carbocycles. The molecule has 4 rings (SSSR count). The van der Waals surface area contributed by atoms with E-state index >= 15 is 0 Å². The Labute approximate surface area is 176 Å². The van der Waals surface area contributed by atoms with E-state index in [2.05, 4.69) is 0 Å². The molecular weight excluding hydrogens is 404 g/mol. The second-order valence-electron chi connectivity index (χ2n) is 6.74. The lowest BCUT2D eigenvalue weighted by molar-refractivity contribution is 0.103. The number of methoxy groups -OCH3 is 1. The minimum atomic E-state index is -0.653. The van der Waals surface area contributed by atoms with Crippen molar-refractivity contribution in [1.29, 1.82) is 0 Å². The van der Waals surface area contributed by atoms with Gasteiger partial charge >= 0.3 is 0 Å². The number of ketones is 1. The van der Waals surface area contributed by atoms with Crippen molar-refractivity contribution in [2.75, 3.05) is 7.11 Å². The van der Waals surface area contributed by atoms with Gasteiger partial charge in [0, 0.05) is 16.8 Å². The Hall–Kier alpha value is -4.13. The largest absolute Gasteiger partial charge is 0.503 e. The summed E-state index contributed by atoms with van der Waals surface area (Å²) in [6.45, 7) is 0. The van der Waals surface area contributed by atoms with Gasteiger partial charge in [0.2, 0.25) is 5.88 Å². The number of aromatic hydroxyl groups is 2. The van der Waals surface area contributed by atoms with Crippen LogP contribution in [0.5, 0.6) is 17.4 Å². The standard InChI is InChI=1S/C24H17F2NO4/c1-31-19-5-3-2-4-18(19)21-20(22(28)14-6-8-15(25)9-7-14)23(29)24(30)27(21)17-12-10-16(26)11-13-17/h2-13,29-30H,1H3. The Balaban J connectivity index is 2.05. The molecule has 7 heteroatoms. The predicted molar refractivity (Wildman–Crippen MR) is 111 cm³/mol. The SMILES string of the molecule is COc1ccccc1-c1c(C(=O)c2ccc(F)cc2)c(O)c(O)n1-c1ccc(F)cc1. The molecule has 0 saturated heterocycles. The number of hydrogen-bond acceptors (Lipinski definition) is 4. The first-order chi connectivity index (χ1) is 14.9. The van der Waals surface area contributed by atoms with E-state index in [0.29, 0.717) is 17.0 Å². The van der Waals surface area contributed by atoms with Crippen LogP contribution in [0, 0.1) is 11.6 Å². The second-order valence-corrected chi connectivity index (χ2v) is 6.74. The summed E-state index contributed by atoms with van der Waals surface area (Å²) in [5, 5.41) is 21.5. The van der Waals surface area contributed by atoms with E-state index in [1.807, 2.05) is 0 Å². The number of benzene rings is 3. The van der Waals surface area contributed by atoms with E-state index in [9.17, 15) is 23.8 Å². The number of carbonyl (C=O) groups is 1. The molecular formula is C24H17F2NO4. The Morgan fingerprint density at radius 2 is 1.45 bits per heavy atom. The highest BCUT2D eigenvalue weighted by Crippen LogP contribution is 2.46. The first-order valence-corrected chi connectivity index (χ1v) is 9.28. The number of para-hydroxylation sites is 1. The third-order valence-corrected chi connectivity index (χ3v) is 4.90. The van der Waals surface area contributed by atoms with Crippen LogP contribution in [0.15, 0.2) is 72.8 Å². The molecule has 0 radical (unpaired) electrons. The Kier molecular flexibility index (Phi) is 5.17. The van der Waals surface area contributed by atoms with E-state index < -0.39 is 29.0 Å². The summed E-state index contributed by atoms with van der Waals surface area (Å²) in [6.07, 6.45) is 0. The third-order valence-electron chi connectivity index (χ3n) is 4.90. The lowest BCUT2D eigenvalue weighted by atomic mass is 9.98. The quantitative estimate of drug-likeness (QED) is 0.441. The van der Waals surface area contributed by atoms with Crippen LogP contribution >= 0.6 is 0 Å². The molecule has 0 spiro atoms. The number of ether oxygens (including phenoxy) is 1. The third kappa shape index (κ3) is 3.50. The van der Waals surface area contributed by atoms with Crippen molar-refractivity contribution < 1.29 is 28.5 Å². The maximum Gasteiger partial charge on any atom is 0.240 e. The zero-order valence-electron chi connectivity index (χ0n) is 16.3. The fourth-order valence-corrected chi connectivity index (χ4v) is 3.45. The van der Waals surface area contributed by atoms with Gasteiger partial charge in [-0.15, -0.1) is 0 Å². The molecule has 0 unspecified atom stereocenters. The van der Waals surface area contributed by atoms with E-state index in [1.165, 1.54) is 48.1 Å². The van der Waals surface area contributed by atoms with E-state index in [0.717, 1.165) is 12.1 Å². The zero-order valence-corrected chi connectivity index (χ0v) is 16.3. The Morgan fingerprint density at radius 1 is 0.871 bits per heavy atom. The van der Waals surface area contributed by atoms with Gasteiger partial charge in [0.25, 0.3) is 0 Å². The van der Waals surface area contributed by atoms with E-state index in [1.54, 1.807) is 24.3 Å². The maximum atomic E-state index is 13.5. The summed E-state index contributed by atoms with van der Waals surface area (Å²) < 4.78 is 33.5. The molecule has 4 aromatic rings. The molecule has 156 valence electrons. The molecule has 0 aliphatic rings. The van der Waals surface area contributed by atoms with Gasteiger partial charge in [-0.2, -0.15) is 0 Å². The average molecular weight is 421 g/mol. The normalized spacial score (nSPS) is 10.8. The van der Waals surface area contributed by atoms with Crippen LogP contribution in [-0.2, 0) is 0 Å². The van der Waals surface area contributed by atoms with Crippen LogP contribution in [0.3, 0.4) is 0 Å². The number of nitrogens with zero attached hydrogens (tertiary/aromatic N) is 1. The van der Waals surface area contributed by atoms with Gasteiger partial charge in [-0.05, 0) is 60.7 Å². The lowest BCUT2D eigenvalue weighted by Crippen LogP contribution is -2.06. The molecule has 0 amide bonds. The molecule has 0 fully saturated rings. The summed E-state index contributed by atoms with van der Waals surface area (Å²) in [4.78, 5) is 13.3. The number of hydrogen-bond donors (Lipinski definition) is 2. The monoisotopic (exact) mass is 421 g/mol. The smallest absolute Gasteiger partial charge is 0.240 e. The molecule has 0 bridgehead atoms. The fraction of sp³-hybridized carbons (Fsp3) is 0.0417. The van der Waals surface area contributed by atoms with Gasteiger partial charge in [-0.25, -0.2) is 8.78 Å². The van der Waals surface area contributed by atoms with Gasteiger partial charge in [-0.3, -0.25) is 9.36 Å². The maximum absolute atomic E-state index is 13.5. The summed E-state index contributed by atoms with van der Waals surface area (Å²) in [7, 11) is 1.45. The molecule has 0 saturated carbocycles. The highest BCUT2D eigenvalue weighted by Gasteiger charge is 2.31. The van der Waals surface area contributed by atoms with Crippen LogP contribution in [0.4, 0.5) is 8.78 Å². The van der Waals surface area contributed by atoms with Gasteiger partial charge in [0.1, 0.15) is 17.4 Å². The number of carbonyl (C=O) groups excluding carboxylic acids is 1. The summed E-state index contributed by atoms with van der Waals surface area (Å²) >= 11 is 0. The van der Waals surface area contributed by atoms with Crippen molar-refractivity contribution in [2.45, 2.75) is 0 Å². The highest BCUT2D eigenvalue weighted by molar-refractivity contribution is 6.15. The molecule has 0 atom stereocenters. The first kappa shape index (κ1) is 20.2. The van der Waals surface area contributed by atoms with Gasteiger partial charge in [-0.1, -0.05) is 12.1 Å². The fourth-order valence-electron chi connectivity index (χ4n) is 3.45. The van der Waals surface area contributed by atoms with Crippen LogP contribution < -0.4 is 4.74 Å². The summed E-state index contributed by atoms with van der Waals surface area (Å²) in [5.74, 6) is -2.50.